The van der Waals surface area contributed by atoms with E-state index in [9.17, 15) is 14.4 Å². The molecule has 2 fully saturated rings. The number of hydrogen-bond donors (Lipinski definition) is 1. The van der Waals surface area contributed by atoms with Gasteiger partial charge in [0.2, 0.25) is 0 Å². The third-order valence-corrected chi connectivity index (χ3v) is 8.07. The summed E-state index contributed by atoms with van der Waals surface area (Å²) >= 11 is 0. The third-order valence-electron chi connectivity index (χ3n) is 8.07. The van der Waals surface area contributed by atoms with E-state index in [0.29, 0.717) is 33.9 Å². The Hall–Kier alpha value is -4.03. The monoisotopic (exact) mass is 497 g/mol. The molecule has 0 bridgehead atoms. The zero-order chi connectivity index (χ0) is 25.7. The van der Waals surface area contributed by atoms with Crippen molar-refractivity contribution in [3.63, 3.8) is 0 Å². The second kappa shape index (κ2) is 8.82. The van der Waals surface area contributed by atoms with E-state index >= 15 is 0 Å². The molecule has 0 atom stereocenters. The Labute approximate surface area is 214 Å². The van der Waals surface area contributed by atoms with Gasteiger partial charge in [0.05, 0.1) is 28.5 Å². The smallest absolute Gasteiger partial charge is 0.263 e. The molecule has 0 aliphatic carbocycles. The maximum atomic E-state index is 14.7. The van der Waals surface area contributed by atoms with Gasteiger partial charge in [-0.3, -0.25) is 14.0 Å². The van der Waals surface area contributed by atoms with Crippen molar-refractivity contribution in [2.75, 3.05) is 31.1 Å². The highest BCUT2D eigenvalue weighted by molar-refractivity contribution is 5.81. The molecule has 2 aromatic carbocycles. The van der Waals surface area contributed by atoms with Crippen molar-refractivity contribution in [3.05, 3.63) is 69.9 Å². The van der Waals surface area contributed by atoms with Crippen molar-refractivity contribution >= 4 is 16.7 Å². The SMILES string of the molecule is Cc1c(N2CCC3(CCNC3)CC2)nc(-c2ccc(C#N)c(F)c2)n(-c2ccc3c(cnn3C)c2)c1=O. The third kappa shape index (κ3) is 3.89. The maximum absolute atomic E-state index is 14.7. The van der Waals surface area contributed by atoms with Gasteiger partial charge >= 0.3 is 0 Å². The number of hydrogen-bond acceptors (Lipinski definition) is 6. The first-order valence-electron chi connectivity index (χ1n) is 12.6. The van der Waals surface area contributed by atoms with Crippen molar-refractivity contribution in [2.24, 2.45) is 12.5 Å². The molecule has 4 aromatic rings. The van der Waals surface area contributed by atoms with E-state index < -0.39 is 5.82 Å². The molecule has 8 nitrogen and oxygen atoms in total. The molecule has 1 N–H and O–H groups in total. The average molecular weight is 498 g/mol. The van der Waals surface area contributed by atoms with Gasteiger partial charge in [0.1, 0.15) is 23.5 Å². The second-order valence-electron chi connectivity index (χ2n) is 10.3. The van der Waals surface area contributed by atoms with E-state index in [1.54, 1.807) is 21.5 Å². The Bertz CT molecular complexity index is 1610. The summed E-state index contributed by atoms with van der Waals surface area (Å²) in [7, 11) is 1.87. The van der Waals surface area contributed by atoms with Crippen molar-refractivity contribution in [2.45, 2.75) is 26.2 Å². The number of fused-ring (bicyclic) bond motifs is 1. The van der Waals surface area contributed by atoms with Gasteiger partial charge in [0.15, 0.2) is 0 Å². The highest BCUT2D eigenvalue weighted by Gasteiger charge is 2.38. The largest absolute Gasteiger partial charge is 0.356 e. The molecule has 37 heavy (non-hydrogen) atoms. The molecule has 2 aromatic heterocycles. The van der Waals surface area contributed by atoms with E-state index in [2.05, 4.69) is 15.3 Å². The number of nitrogens with zero attached hydrogens (tertiary/aromatic N) is 6. The summed E-state index contributed by atoms with van der Waals surface area (Å²) in [6, 6.07) is 11.9. The zero-order valence-electron chi connectivity index (χ0n) is 21.0. The Morgan fingerprint density at radius 2 is 1.95 bits per heavy atom. The second-order valence-corrected chi connectivity index (χ2v) is 10.3. The van der Waals surface area contributed by atoms with Crippen LogP contribution in [0, 0.1) is 29.5 Å². The van der Waals surface area contributed by atoms with Crippen LogP contribution in [0.3, 0.4) is 0 Å². The molecule has 0 unspecified atom stereocenters. The van der Waals surface area contributed by atoms with Gasteiger partial charge < -0.3 is 10.2 Å². The molecule has 0 saturated carbocycles. The van der Waals surface area contributed by atoms with Crippen LogP contribution in [0.5, 0.6) is 0 Å². The number of anilines is 1. The summed E-state index contributed by atoms with van der Waals surface area (Å²) < 4.78 is 18.0. The zero-order valence-corrected chi connectivity index (χ0v) is 21.0. The van der Waals surface area contributed by atoms with Gasteiger partial charge in [-0.25, -0.2) is 9.37 Å². The lowest BCUT2D eigenvalue weighted by Gasteiger charge is -2.40. The van der Waals surface area contributed by atoms with Crippen LogP contribution >= 0.6 is 0 Å². The molecule has 4 heterocycles. The molecule has 9 heteroatoms. The van der Waals surface area contributed by atoms with E-state index in [1.165, 1.54) is 18.6 Å². The predicted molar refractivity (Wildman–Crippen MR) is 140 cm³/mol. The quantitative estimate of drug-likeness (QED) is 0.464. The van der Waals surface area contributed by atoms with E-state index in [1.807, 2.05) is 38.2 Å². The number of aromatic nitrogens is 4. The van der Waals surface area contributed by atoms with Crippen LogP contribution in [-0.4, -0.2) is 45.5 Å². The molecule has 6 rings (SSSR count). The summed E-state index contributed by atoms with van der Waals surface area (Å²) in [5.74, 6) is 0.351. The first-order valence-corrected chi connectivity index (χ1v) is 12.6. The normalized spacial score (nSPS) is 17.0. The lowest BCUT2D eigenvalue weighted by atomic mass is 9.78. The van der Waals surface area contributed by atoms with Gasteiger partial charge in [-0.05, 0) is 74.5 Å². The lowest BCUT2D eigenvalue weighted by molar-refractivity contribution is 0.247. The average Bonchev–Trinajstić information content (AvgIpc) is 3.52. The standard InChI is InChI=1S/C28H28FN7O/c1-18-25(35-11-8-28(9-12-35)7-10-31-17-28)33-26(19-3-4-20(15-30)23(29)14-19)36(27(18)37)22-5-6-24-21(13-22)16-32-34(24)2/h3-6,13-14,16,31H,7-12,17H2,1-2H3. The first kappa shape index (κ1) is 23.4. The highest BCUT2D eigenvalue weighted by Crippen LogP contribution is 2.38. The number of benzene rings is 2. The molecule has 0 radical (unpaired) electrons. The van der Waals surface area contributed by atoms with Gasteiger partial charge in [-0.1, -0.05) is 0 Å². The van der Waals surface area contributed by atoms with Gasteiger partial charge in [0.25, 0.3) is 5.56 Å². The molecule has 2 aliphatic rings. The lowest BCUT2D eigenvalue weighted by Crippen LogP contribution is -2.43. The predicted octanol–water partition coefficient (Wildman–Crippen LogP) is 3.69. The van der Waals surface area contributed by atoms with Crippen LogP contribution in [0.2, 0.25) is 0 Å². The van der Waals surface area contributed by atoms with Crippen LogP contribution < -0.4 is 15.8 Å². The summed E-state index contributed by atoms with van der Waals surface area (Å²) in [5.41, 5.74) is 2.65. The Morgan fingerprint density at radius 1 is 1.14 bits per heavy atom. The van der Waals surface area contributed by atoms with E-state index in [0.717, 1.165) is 49.9 Å². The minimum atomic E-state index is -0.640. The van der Waals surface area contributed by atoms with Gasteiger partial charge in [-0.15, -0.1) is 0 Å². The Balaban J connectivity index is 1.51. The van der Waals surface area contributed by atoms with E-state index in [4.69, 9.17) is 4.98 Å². The van der Waals surface area contributed by atoms with Crippen molar-refractivity contribution in [1.82, 2.24) is 24.6 Å². The number of aryl methyl sites for hydroxylation is 1. The fourth-order valence-corrected chi connectivity index (χ4v) is 5.78. The number of halogens is 1. The molecule has 1 spiro atoms. The van der Waals surface area contributed by atoms with Crippen LogP contribution in [0.25, 0.3) is 28.0 Å². The number of rotatable bonds is 3. The Morgan fingerprint density at radius 3 is 2.65 bits per heavy atom. The van der Waals surface area contributed by atoms with Crippen LogP contribution in [-0.2, 0) is 7.05 Å². The van der Waals surface area contributed by atoms with E-state index in [-0.39, 0.29) is 11.1 Å². The molecule has 2 aliphatic heterocycles. The van der Waals surface area contributed by atoms with Crippen LogP contribution in [0.4, 0.5) is 10.2 Å². The first-order chi connectivity index (χ1) is 17.9. The van der Waals surface area contributed by atoms with Crippen LogP contribution in [0.15, 0.2) is 47.4 Å². The minimum Gasteiger partial charge on any atom is -0.356 e. The molecular weight excluding hydrogens is 469 g/mol. The Kier molecular flexibility index (Phi) is 5.57. The summed E-state index contributed by atoms with van der Waals surface area (Å²) in [4.78, 5) is 21.1. The fraction of sp³-hybridized carbons (Fsp3) is 0.357. The molecule has 0 amide bonds. The van der Waals surface area contributed by atoms with Crippen molar-refractivity contribution < 1.29 is 4.39 Å². The molecule has 2 saturated heterocycles. The maximum Gasteiger partial charge on any atom is 0.263 e. The summed E-state index contributed by atoms with van der Waals surface area (Å²) in [6.45, 7) is 5.56. The fourth-order valence-electron chi connectivity index (χ4n) is 5.78. The number of nitrogens with one attached hydrogen (secondary N) is 1. The number of piperidine rings is 1. The summed E-state index contributed by atoms with van der Waals surface area (Å²) in [6.07, 6.45) is 5.02. The topological polar surface area (TPSA) is 91.8 Å². The van der Waals surface area contributed by atoms with Crippen molar-refractivity contribution in [3.8, 4) is 23.1 Å². The number of nitriles is 1. The molecule has 188 valence electrons. The minimum absolute atomic E-state index is 0.0479. The molecular formula is C28H28FN7O. The highest BCUT2D eigenvalue weighted by atomic mass is 19.1. The van der Waals surface area contributed by atoms with Crippen molar-refractivity contribution in [1.29, 1.82) is 5.26 Å². The van der Waals surface area contributed by atoms with Crippen LogP contribution in [0.1, 0.15) is 30.4 Å². The summed E-state index contributed by atoms with van der Waals surface area (Å²) in [5, 5.41) is 17.9. The van der Waals surface area contributed by atoms with Gasteiger partial charge in [-0.2, -0.15) is 10.4 Å². The van der Waals surface area contributed by atoms with Gasteiger partial charge in [0, 0.05) is 37.6 Å².